The fourth-order valence-corrected chi connectivity index (χ4v) is 8.19. The van der Waals surface area contributed by atoms with Crippen molar-refractivity contribution in [1.29, 1.82) is 0 Å². The molecule has 0 saturated heterocycles. The second-order valence-electron chi connectivity index (χ2n) is 18.4. The quantitative estimate of drug-likeness (QED) is 0.0229. The Labute approximate surface area is 432 Å². The van der Waals surface area contributed by atoms with Crippen LogP contribution in [0, 0.1) is 0 Å². The SMILES string of the molecule is CCCCCCCCCCCCOc1ccc(C(=O)Oc2ccc(C(=O)Oc3cccc(-c4ccc(OC(=O)c5ccc(OC(=O)c6ccc(OCCCCCCCCCCC)cc6)cc5)cc4)c3)cc2)cc1. The summed E-state index contributed by atoms with van der Waals surface area (Å²) in [5, 5.41) is 0. The molecule has 73 heavy (non-hydrogen) atoms. The first-order valence-corrected chi connectivity index (χ1v) is 26.5. The number of unbranched alkanes of at least 4 members (excludes halogenated alkanes) is 17. The maximum Gasteiger partial charge on any atom is 0.343 e. The minimum absolute atomic E-state index is 0.280. The summed E-state index contributed by atoms with van der Waals surface area (Å²) in [6.07, 6.45) is 23.9. The molecule has 0 radical (unpaired) electrons. The van der Waals surface area contributed by atoms with Crippen molar-refractivity contribution in [3.63, 3.8) is 0 Å². The van der Waals surface area contributed by atoms with Crippen molar-refractivity contribution in [3.8, 4) is 45.6 Å². The largest absolute Gasteiger partial charge is 0.494 e. The van der Waals surface area contributed by atoms with Crippen molar-refractivity contribution in [2.24, 2.45) is 0 Å². The van der Waals surface area contributed by atoms with Crippen molar-refractivity contribution in [3.05, 3.63) is 168 Å². The predicted molar refractivity (Wildman–Crippen MR) is 288 cm³/mol. The summed E-state index contributed by atoms with van der Waals surface area (Å²) in [6.45, 7) is 5.77. The minimum Gasteiger partial charge on any atom is -0.494 e. The molecule has 0 unspecified atom stereocenters. The van der Waals surface area contributed by atoms with E-state index in [2.05, 4.69) is 13.8 Å². The van der Waals surface area contributed by atoms with Gasteiger partial charge < -0.3 is 28.4 Å². The molecule has 384 valence electrons. The molecule has 0 aliphatic rings. The molecule has 0 saturated carbocycles. The van der Waals surface area contributed by atoms with Crippen molar-refractivity contribution < 1.29 is 47.6 Å². The zero-order valence-corrected chi connectivity index (χ0v) is 42.8. The zero-order chi connectivity index (χ0) is 51.3. The third kappa shape index (κ3) is 19.7. The lowest BCUT2D eigenvalue weighted by molar-refractivity contribution is 0.0720. The Kier molecular flexibility index (Phi) is 23.6. The molecule has 0 spiro atoms. The maximum absolute atomic E-state index is 13.1. The molecule has 0 heterocycles. The topological polar surface area (TPSA) is 124 Å². The molecule has 0 N–H and O–H groups in total. The number of rotatable bonds is 32. The molecule has 10 nitrogen and oxygen atoms in total. The highest BCUT2D eigenvalue weighted by atomic mass is 16.5. The number of benzene rings is 6. The second-order valence-corrected chi connectivity index (χ2v) is 18.4. The molecule has 6 aromatic carbocycles. The van der Waals surface area contributed by atoms with Crippen LogP contribution in [0.4, 0.5) is 0 Å². The fraction of sp³-hybridized carbons (Fsp3) is 0.365. The summed E-state index contributed by atoms with van der Waals surface area (Å²) >= 11 is 0. The standard InChI is InChI=1S/C63H72O10/c1-3-5-7-9-11-13-15-17-19-21-46-69-55-37-29-50(30-38-55)61(65)72-58-43-33-52(34-44-58)63(67)73-59-24-22-23-53(47-59)48-25-39-56(40-26-48)70-62(66)51-31-41-57(42-32-51)71-60(64)49-27-35-54(36-28-49)68-45-20-18-16-14-12-10-8-6-4-2/h22-44,47H,3-21,45-46H2,1-2H3. The summed E-state index contributed by atoms with van der Waals surface area (Å²) in [5.41, 5.74) is 2.91. The van der Waals surface area contributed by atoms with Gasteiger partial charge in [-0.25, -0.2) is 19.2 Å². The summed E-state index contributed by atoms with van der Waals surface area (Å²) < 4.78 is 34.2. The van der Waals surface area contributed by atoms with Crippen molar-refractivity contribution in [1.82, 2.24) is 0 Å². The van der Waals surface area contributed by atoms with Crippen LogP contribution in [0.3, 0.4) is 0 Å². The van der Waals surface area contributed by atoms with Crippen LogP contribution in [-0.4, -0.2) is 37.1 Å². The van der Waals surface area contributed by atoms with Crippen molar-refractivity contribution >= 4 is 23.9 Å². The zero-order valence-electron chi connectivity index (χ0n) is 42.8. The summed E-state index contributed by atoms with van der Waals surface area (Å²) in [6, 6.07) is 40.1. The lowest BCUT2D eigenvalue weighted by Crippen LogP contribution is -2.10. The third-order valence-electron chi connectivity index (χ3n) is 12.5. The van der Waals surface area contributed by atoms with Crippen LogP contribution in [0.1, 0.15) is 177 Å². The minimum atomic E-state index is -0.577. The Balaban J connectivity index is 0.879. The Morgan fingerprint density at radius 2 is 0.575 bits per heavy atom. The van der Waals surface area contributed by atoms with Gasteiger partial charge in [0.15, 0.2) is 0 Å². The smallest absolute Gasteiger partial charge is 0.343 e. The molecule has 0 aromatic heterocycles. The Morgan fingerprint density at radius 3 is 0.918 bits per heavy atom. The van der Waals surface area contributed by atoms with Gasteiger partial charge in [0.1, 0.15) is 34.5 Å². The molecule has 0 fully saturated rings. The summed E-state index contributed by atoms with van der Waals surface area (Å²) in [7, 11) is 0. The number of esters is 4. The predicted octanol–water partition coefficient (Wildman–Crippen LogP) is 16.4. The average molecular weight is 989 g/mol. The molecule has 6 aromatic rings. The van der Waals surface area contributed by atoms with Gasteiger partial charge in [-0.2, -0.15) is 0 Å². The molecular formula is C63H72O10. The maximum atomic E-state index is 13.1. The molecule has 0 bridgehead atoms. The first kappa shape index (κ1) is 55.1. The number of hydrogen-bond acceptors (Lipinski definition) is 10. The fourth-order valence-electron chi connectivity index (χ4n) is 8.19. The van der Waals surface area contributed by atoms with Crippen LogP contribution >= 0.6 is 0 Å². The first-order chi connectivity index (χ1) is 35.8. The van der Waals surface area contributed by atoms with Crippen LogP contribution in [0.15, 0.2) is 146 Å². The molecular weight excluding hydrogens is 917 g/mol. The Morgan fingerprint density at radius 1 is 0.288 bits per heavy atom. The van der Waals surface area contributed by atoms with Gasteiger partial charge in [0.2, 0.25) is 0 Å². The van der Waals surface area contributed by atoms with Crippen LogP contribution in [-0.2, 0) is 0 Å². The van der Waals surface area contributed by atoms with Crippen LogP contribution in [0.2, 0.25) is 0 Å². The van der Waals surface area contributed by atoms with Crippen LogP contribution < -0.4 is 28.4 Å². The average Bonchev–Trinajstić information content (AvgIpc) is 3.41. The highest BCUT2D eigenvalue weighted by molar-refractivity contribution is 5.94. The number of carbonyl (C=O) groups excluding carboxylic acids is 4. The van der Waals surface area contributed by atoms with Gasteiger partial charge in [-0.3, -0.25) is 0 Å². The van der Waals surface area contributed by atoms with Gasteiger partial charge in [-0.15, -0.1) is 0 Å². The van der Waals surface area contributed by atoms with Crippen LogP contribution in [0.25, 0.3) is 11.1 Å². The van der Waals surface area contributed by atoms with E-state index in [4.69, 9.17) is 28.4 Å². The highest BCUT2D eigenvalue weighted by Gasteiger charge is 2.15. The Bertz CT molecular complexity index is 2570. The van der Waals surface area contributed by atoms with E-state index in [1.165, 1.54) is 108 Å². The van der Waals surface area contributed by atoms with Gasteiger partial charge in [0.25, 0.3) is 0 Å². The van der Waals surface area contributed by atoms with Gasteiger partial charge in [-0.05, 0) is 145 Å². The van der Waals surface area contributed by atoms with Gasteiger partial charge >= 0.3 is 23.9 Å². The van der Waals surface area contributed by atoms with Crippen LogP contribution in [0.5, 0.6) is 34.5 Å². The molecule has 0 aliphatic carbocycles. The second kappa shape index (κ2) is 31.3. The summed E-state index contributed by atoms with van der Waals surface area (Å²) in [5.74, 6) is 0.479. The third-order valence-corrected chi connectivity index (χ3v) is 12.5. The molecule has 10 heteroatoms. The van der Waals surface area contributed by atoms with Gasteiger partial charge in [-0.1, -0.05) is 147 Å². The lowest BCUT2D eigenvalue weighted by atomic mass is 10.1. The number of ether oxygens (including phenoxy) is 6. The van der Waals surface area contributed by atoms with E-state index in [0.717, 1.165) is 36.8 Å². The van der Waals surface area contributed by atoms with Gasteiger partial charge in [0.05, 0.1) is 35.5 Å². The normalized spacial score (nSPS) is 10.9. The lowest BCUT2D eigenvalue weighted by Gasteiger charge is -2.10. The first-order valence-electron chi connectivity index (χ1n) is 26.5. The van der Waals surface area contributed by atoms with Crippen molar-refractivity contribution in [2.75, 3.05) is 13.2 Å². The Hall–Kier alpha value is -7.20. The van der Waals surface area contributed by atoms with Crippen molar-refractivity contribution in [2.45, 2.75) is 136 Å². The van der Waals surface area contributed by atoms with E-state index in [1.807, 2.05) is 6.07 Å². The van der Waals surface area contributed by atoms with Gasteiger partial charge in [0, 0.05) is 0 Å². The van der Waals surface area contributed by atoms with E-state index in [-0.39, 0.29) is 16.9 Å². The van der Waals surface area contributed by atoms with E-state index in [9.17, 15) is 19.2 Å². The van der Waals surface area contributed by atoms with E-state index in [1.54, 1.807) is 127 Å². The monoisotopic (exact) mass is 989 g/mol. The molecule has 6 rings (SSSR count). The van der Waals surface area contributed by atoms with E-state index >= 15 is 0 Å². The molecule has 0 aliphatic heterocycles. The van der Waals surface area contributed by atoms with E-state index in [0.29, 0.717) is 53.1 Å². The number of carbonyl (C=O) groups is 4. The molecule has 0 atom stereocenters. The number of hydrogen-bond donors (Lipinski definition) is 0. The highest BCUT2D eigenvalue weighted by Crippen LogP contribution is 2.28. The van der Waals surface area contributed by atoms with E-state index < -0.39 is 23.9 Å². The molecule has 0 amide bonds. The summed E-state index contributed by atoms with van der Waals surface area (Å²) in [4.78, 5) is 51.8.